The molecule has 0 unspecified atom stereocenters. The lowest BCUT2D eigenvalue weighted by molar-refractivity contribution is 0.0700. The summed E-state index contributed by atoms with van der Waals surface area (Å²) < 4.78 is 2.26. The second kappa shape index (κ2) is 7.27. The summed E-state index contributed by atoms with van der Waals surface area (Å²) in [5, 5.41) is 0.359. The summed E-state index contributed by atoms with van der Waals surface area (Å²) in [5.41, 5.74) is -0.288. The second-order valence-corrected chi connectivity index (χ2v) is 7.82. The number of pyridine rings is 1. The van der Waals surface area contributed by atoms with Gasteiger partial charge in [0, 0.05) is 44.1 Å². The van der Waals surface area contributed by atoms with Crippen LogP contribution in [0.3, 0.4) is 0 Å². The molecule has 1 aliphatic carbocycles. The molecule has 1 saturated carbocycles. The predicted molar refractivity (Wildman–Crippen MR) is 99.5 cm³/mol. The Morgan fingerprint density at radius 2 is 2.15 bits per heavy atom. The van der Waals surface area contributed by atoms with Gasteiger partial charge in [-0.1, -0.05) is 18.0 Å². The molecule has 6 nitrogen and oxygen atoms in total. The first kappa shape index (κ1) is 17.3. The topological polar surface area (TPSA) is 71.0 Å². The number of hydrogen-bond acceptors (Lipinski definition) is 3. The molecule has 0 radical (unpaired) electrons. The van der Waals surface area contributed by atoms with E-state index in [2.05, 4.69) is 20.7 Å². The highest BCUT2D eigenvalue weighted by Gasteiger charge is 2.30. The molecule has 0 bridgehead atoms. The molecule has 1 saturated heterocycles. The molecular weight excluding hydrogens is 352 g/mol. The Labute approximate surface area is 157 Å². The van der Waals surface area contributed by atoms with Gasteiger partial charge in [0.1, 0.15) is 11.4 Å². The molecule has 1 atom stereocenters. The summed E-state index contributed by atoms with van der Waals surface area (Å²) in [7, 11) is 0. The number of amides is 1. The zero-order valence-corrected chi connectivity index (χ0v) is 15.4. The average Bonchev–Trinajstić information content (AvgIpc) is 3.08. The molecule has 2 aromatic heterocycles. The van der Waals surface area contributed by atoms with E-state index < -0.39 is 5.56 Å². The van der Waals surface area contributed by atoms with Crippen molar-refractivity contribution in [3.8, 4) is 0 Å². The van der Waals surface area contributed by atoms with Gasteiger partial charge >= 0.3 is 0 Å². The van der Waals surface area contributed by atoms with Crippen molar-refractivity contribution in [2.75, 3.05) is 13.1 Å². The zero-order valence-electron chi connectivity index (χ0n) is 14.7. The molecule has 3 heterocycles. The molecule has 138 valence electrons. The standard InChI is InChI=1S/C19H23ClN4O2/c20-15-9-16(18(25)22-10-15)19(26)24-7-2-5-14(12-24)17-21-6-8-23(17)11-13-3-1-4-13/h6,8-10,13-14H,1-5,7,11-12H2,(H,22,25)/t14-/m1/s1. The first-order valence-corrected chi connectivity index (χ1v) is 9.68. The van der Waals surface area contributed by atoms with Crippen LogP contribution in [0.15, 0.2) is 29.5 Å². The lowest BCUT2D eigenvalue weighted by atomic mass is 9.85. The number of halogens is 1. The number of aromatic nitrogens is 3. The summed E-state index contributed by atoms with van der Waals surface area (Å²) in [5.74, 6) is 1.78. The van der Waals surface area contributed by atoms with Crippen LogP contribution in [0.25, 0.3) is 0 Å². The molecule has 2 fully saturated rings. The fraction of sp³-hybridized carbons (Fsp3) is 0.526. The summed E-state index contributed by atoms with van der Waals surface area (Å²) in [6, 6.07) is 1.45. The van der Waals surface area contributed by atoms with Crippen LogP contribution in [-0.4, -0.2) is 38.4 Å². The number of hydrogen-bond donors (Lipinski definition) is 1. The molecule has 0 aromatic carbocycles. The molecule has 1 amide bonds. The number of piperidine rings is 1. The maximum absolute atomic E-state index is 12.8. The van der Waals surface area contributed by atoms with Crippen LogP contribution in [-0.2, 0) is 6.54 Å². The average molecular weight is 375 g/mol. The van der Waals surface area contributed by atoms with Crippen molar-refractivity contribution < 1.29 is 4.79 Å². The van der Waals surface area contributed by atoms with Crippen molar-refractivity contribution in [1.82, 2.24) is 19.4 Å². The van der Waals surface area contributed by atoms with E-state index in [0.717, 1.165) is 31.1 Å². The van der Waals surface area contributed by atoms with E-state index in [1.165, 1.54) is 31.5 Å². The first-order chi connectivity index (χ1) is 12.6. The normalized spacial score (nSPS) is 20.8. The molecule has 1 N–H and O–H groups in total. The van der Waals surface area contributed by atoms with Crippen LogP contribution in [0, 0.1) is 5.92 Å². The van der Waals surface area contributed by atoms with Gasteiger partial charge in [0.05, 0.1) is 5.02 Å². The Morgan fingerprint density at radius 1 is 1.31 bits per heavy atom. The third-order valence-electron chi connectivity index (χ3n) is 5.60. The van der Waals surface area contributed by atoms with Crippen molar-refractivity contribution >= 4 is 17.5 Å². The van der Waals surface area contributed by atoms with Gasteiger partial charge in [-0.05, 0) is 37.7 Å². The Morgan fingerprint density at radius 3 is 2.92 bits per heavy atom. The lowest BCUT2D eigenvalue weighted by Gasteiger charge is -2.33. The number of H-pyrrole nitrogens is 1. The highest BCUT2D eigenvalue weighted by molar-refractivity contribution is 6.30. The zero-order chi connectivity index (χ0) is 18.1. The van der Waals surface area contributed by atoms with Gasteiger partial charge < -0.3 is 14.5 Å². The maximum atomic E-state index is 12.8. The van der Waals surface area contributed by atoms with E-state index in [1.54, 1.807) is 4.90 Å². The SMILES string of the molecule is O=C(c1cc(Cl)c[nH]c1=O)N1CCC[C@@H](c2nccn2CC2CCC2)C1. The molecule has 7 heteroatoms. The van der Waals surface area contributed by atoms with Crippen LogP contribution >= 0.6 is 11.6 Å². The summed E-state index contributed by atoms with van der Waals surface area (Å²) in [4.78, 5) is 33.7. The quantitative estimate of drug-likeness (QED) is 0.894. The number of nitrogens with one attached hydrogen (secondary N) is 1. The van der Waals surface area contributed by atoms with E-state index in [1.807, 2.05) is 6.20 Å². The van der Waals surface area contributed by atoms with Gasteiger partial charge in [0.15, 0.2) is 0 Å². The van der Waals surface area contributed by atoms with Crippen LogP contribution in [0.5, 0.6) is 0 Å². The maximum Gasteiger partial charge on any atom is 0.260 e. The molecule has 0 spiro atoms. The Balaban J connectivity index is 1.51. The predicted octanol–water partition coefficient (Wildman–Crippen LogP) is 3.04. The van der Waals surface area contributed by atoms with Crippen LogP contribution in [0.1, 0.15) is 54.2 Å². The summed E-state index contributed by atoms with van der Waals surface area (Å²) in [6.45, 7) is 2.27. The summed E-state index contributed by atoms with van der Waals surface area (Å²) in [6.07, 6.45) is 11.1. The Kier molecular flexibility index (Phi) is 4.85. The largest absolute Gasteiger partial charge is 0.338 e. The highest BCUT2D eigenvalue weighted by atomic mass is 35.5. The summed E-state index contributed by atoms with van der Waals surface area (Å²) >= 11 is 5.94. The number of nitrogens with zero attached hydrogens (tertiary/aromatic N) is 3. The number of carbonyl (C=O) groups is 1. The van der Waals surface area contributed by atoms with Crippen molar-refractivity contribution in [2.45, 2.75) is 44.6 Å². The van der Waals surface area contributed by atoms with Crippen LogP contribution < -0.4 is 5.56 Å². The minimum atomic E-state index is -0.395. The van der Waals surface area contributed by atoms with Crippen molar-refractivity contribution in [3.05, 3.63) is 51.4 Å². The first-order valence-electron chi connectivity index (χ1n) is 9.30. The molecule has 4 rings (SSSR count). The molecule has 26 heavy (non-hydrogen) atoms. The van der Waals surface area contributed by atoms with Crippen molar-refractivity contribution in [2.24, 2.45) is 5.92 Å². The number of likely N-dealkylation sites (tertiary alicyclic amines) is 1. The van der Waals surface area contributed by atoms with Gasteiger partial charge in [-0.3, -0.25) is 9.59 Å². The van der Waals surface area contributed by atoms with Crippen molar-refractivity contribution in [1.29, 1.82) is 0 Å². The monoisotopic (exact) mass is 374 g/mol. The molecule has 1 aliphatic heterocycles. The van der Waals surface area contributed by atoms with Gasteiger partial charge in [0.2, 0.25) is 0 Å². The minimum absolute atomic E-state index is 0.107. The van der Waals surface area contributed by atoms with E-state index in [-0.39, 0.29) is 17.4 Å². The van der Waals surface area contributed by atoms with Crippen LogP contribution in [0.4, 0.5) is 0 Å². The van der Waals surface area contributed by atoms with Gasteiger partial charge in [-0.25, -0.2) is 4.98 Å². The van der Waals surface area contributed by atoms with Gasteiger partial charge in [0.25, 0.3) is 11.5 Å². The second-order valence-electron chi connectivity index (χ2n) is 7.39. The molecular formula is C19H23ClN4O2. The third kappa shape index (κ3) is 3.43. The van der Waals surface area contributed by atoms with E-state index in [0.29, 0.717) is 18.1 Å². The fourth-order valence-corrected chi connectivity index (χ4v) is 4.11. The number of imidazole rings is 1. The smallest absolute Gasteiger partial charge is 0.260 e. The van der Waals surface area contributed by atoms with Crippen LogP contribution in [0.2, 0.25) is 5.02 Å². The minimum Gasteiger partial charge on any atom is -0.338 e. The molecule has 2 aliphatic rings. The Hall–Kier alpha value is -2.08. The van der Waals surface area contributed by atoms with Gasteiger partial charge in [-0.15, -0.1) is 0 Å². The molecule has 2 aromatic rings. The fourth-order valence-electron chi connectivity index (χ4n) is 3.95. The Bertz CT molecular complexity index is 855. The number of rotatable bonds is 4. The van der Waals surface area contributed by atoms with E-state index in [9.17, 15) is 9.59 Å². The van der Waals surface area contributed by atoms with E-state index in [4.69, 9.17) is 11.6 Å². The lowest BCUT2D eigenvalue weighted by Crippen LogP contribution is -2.41. The highest BCUT2D eigenvalue weighted by Crippen LogP contribution is 2.31. The van der Waals surface area contributed by atoms with E-state index >= 15 is 0 Å². The van der Waals surface area contributed by atoms with Crippen molar-refractivity contribution in [3.63, 3.8) is 0 Å². The van der Waals surface area contributed by atoms with Gasteiger partial charge in [-0.2, -0.15) is 0 Å². The number of aromatic amines is 1. The number of carbonyl (C=O) groups excluding carboxylic acids is 1. The third-order valence-corrected chi connectivity index (χ3v) is 5.82.